The molecule has 0 unspecified atom stereocenters. The van der Waals surface area contributed by atoms with E-state index in [1.807, 2.05) is 53.6 Å². The van der Waals surface area contributed by atoms with Gasteiger partial charge in [0.15, 0.2) is 0 Å². The van der Waals surface area contributed by atoms with E-state index in [-0.39, 0.29) is 21.1 Å². The number of aryl methyl sites for hydroxylation is 2. The molecule has 6 nitrogen and oxygen atoms in total. The zero-order valence-corrected chi connectivity index (χ0v) is 22.7. The summed E-state index contributed by atoms with van der Waals surface area (Å²) in [6.45, 7) is 4.29. The van der Waals surface area contributed by atoms with E-state index in [4.69, 9.17) is 4.74 Å². The number of nitrogens with zero attached hydrogens (tertiary/aromatic N) is 5. The number of hydrogen-bond donors (Lipinski definition) is 0. The maximum atomic E-state index is 6.31. The minimum Gasteiger partial charge on any atom is -0.497 e. The first kappa shape index (κ1) is 22.9. The number of fused-ring (bicyclic) bond motifs is 12. The summed E-state index contributed by atoms with van der Waals surface area (Å²) in [5.41, 5.74) is 6.34. The van der Waals surface area contributed by atoms with Crippen molar-refractivity contribution in [3.8, 4) is 11.5 Å². The number of pyridine rings is 3. The van der Waals surface area contributed by atoms with Crippen molar-refractivity contribution in [3.63, 3.8) is 0 Å². The zero-order chi connectivity index (χ0) is 24.7. The fourth-order valence-electron chi connectivity index (χ4n) is 5.38. The number of rotatable bonds is 2. The van der Waals surface area contributed by atoms with Gasteiger partial charge < -0.3 is 13.5 Å². The number of aromatic nitrogens is 5. The summed E-state index contributed by atoms with van der Waals surface area (Å²) in [4.78, 5) is 13.5. The van der Waals surface area contributed by atoms with Crippen molar-refractivity contribution in [1.29, 1.82) is 0 Å². The van der Waals surface area contributed by atoms with Crippen LogP contribution in [-0.2, 0) is 21.1 Å². The van der Waals surface area contributed by atoms with E-state index < -0.39 is 0 Å². The first-order valence-electron chi connectivity index (χ1n) is 12.1. The summed E-state index contributed by atoms with van der Waals surface area (Å²) >= 11 is 0. The molecule has 0 radical (unpaired) electrons. The maximum Gasteiger partial charge on any atom is 2.00 e. The van der Waals surface area contributed by atoms with Crippen molar-refractivity contribution in [3.05, 3.63) is 103 Å². The second-order valence-corrected chi connectivity index (χ2v) is 9.41. The number of benzene rings is 3. The van der Waals surface area contributed by atoms with Crippen LogP contribution < -0.4 is 4.74 Å². The third-order valence-electron chi connectivity index (χ3n) is 7.30. The van der Waals surface area contributed by atoms with Gasteiger partial charge in [-0.15, -0.1) is 12.1 Å². The van der Waals surface area contributed by atoms with Crippen molar-refractivity contribution < 1.29 is 25.8 Å². The fraction of sp³-hybridized carbons (Fsp3) is 0.0645. The molecule has 0 saturated carbocycles. The summed E-state index contributed by atoms with van der Waals surface area (Å²) < 4.78 is 10.5. The van der Waals surface area contributed by atoms with Gasteiger partial charge >= 0.3 is 21.1 Å². The van der Waals surface area contributed by atoms with Crippen LogP contribution in [0.2, 0.25) is 0 Å². The van der Waals surface area contributed by atoms with E-state index in [0.29, 0.717) is 11.5 Å². The van der Waals surface area contributed by atoms with Crippen LogP contribution in [0, 0.1) is 26.0 Å². The standard InChI is InChI=1S/C31H19N5O.Pt/c1-18-13-25-23-6-4-21(16-27(23)30-33-9-11-35(30)28(25)14-19(18)2)37-20-3-5-22-24-7-8-32-17-29(24)36-12-10-34-31(36)26(22)15-20;/h3-14,17H,1-2H3;/q-2;+2. The van der Waals surface area contributed by atoms with Gasteiger partial charge in [0.05, 0.1) is 16.8 Å². The molecule has 184 valence electrons. The predicted octanol–water partition coefficient (Wildman–Crippen LogP) is 7.00. The Morgan fingerprint density at radius 2 is 1.26 bits per heavy atom. The Hall–Kier alpha value is -4.28. The first-order valence-corrected chi connectivity index (χ1v) is 12.1. The molecule has 0 amide bonds. The summed E-state index contributed by atoms with van der Waals surface area (Å²) in [6, 6.07) is 21.5. The predicted molar refractivity (Wildman–Crippen MR) is 145 cm³/mol. The average molecular weight is 673 g/mol. The molecule has 38 heavy (non-hydrogen) atoms. The van der Waals surface area contributed by atoms with Crippen LogP contribution in [0.5, 0.6) is 11.5 Å². The third-order valence-corrected chi connectivity index (χ3v) is 7.30. The fourth-order valence-corrected chi connectivity index (χ4v) is 5.38. The molecule has 0 spiro atoms. The van der Waals surface area contributed by atoms with E-state index >= 15 is 0 Å². The topological polar surface area (TPSA) is 56.7 Å². The Kier molecular flexibility index (Phi) is 5.04. The minimum atomic E-state index is 0. The van der Waals surface area contributed by atoms with E-state index in [9.17, 15) is 0 Å². The van der Waals surface area contributed by atoms with Gasteiger partial charge in [-0.1, -0.05) is 51.9 Å². The van der Waals surface area contributed by atoms with Crippen molar-refractivity contribution in [2.75, 3.05) is 0 Å². The molecule has 7 heteroatoms. The van der Waals surface area contributed by atoms with Gasteiger partial charge in [0.1, 0.15) is 0 Å². The second kappa shape index (κ2) is 8.37. The Balaban J connectivity index is 0.00000242. The van der Waals surface area contributed by atoms with Gasteiger partial charge in [-0.2, -0.15) is 0 Å². The molecule has 0 saturated heterocycles. The van der Waals surface area contributed by atoms with E-state index in [1.54, 1.807) is 6.20 Å². The van der Waals surface area contributed by atoms with Gasteiger partial charge in [-0.05, 0) is 47.9 Å². The summed E-state index contributed by atoms with van der Waals surface area (Å²) in [5, 5.41) is 6.25. The molecule has 0 N–H and O–H groups in total. The van der Waals surface area contributed by atoms with Gasteiger partial charge in [0, 0.05) is 54.2 Å². The normalized spacial score (nSPS) is 11.7. The third kappa shape index (κ3) is 3.20. The monoisotopic (exact) mass is 672 g/mol. The molecule has 0 aliphatic carbocycles. The van der Waals surface area contributed by atoms with Crippen molar-refractivity contribution in [1.82, 2.24) is 23.8 Å². The Bertz CT molecular complexity index is 2210. The van der Waals surface area contributed by atoms with Crippen LogP contribution in [0.1, 0.15) is 11.1 Å². The molecular formula is C31H19N5OPt. The molecule has 0 bridgehead atoms. The summed E-state index contributed by atoms with van der Waals surface area (Å²) in [6.07, 6.45) is 11.2. The molecule has 0 aliphatic rings. The van der Waals surface area contributed by atoms with Crippen molar-refractivity contribution >= 4 is 54.6 Å². The first-order chi connectivity index (χ1) is 18.2. The molecule has 8 rings (SSSR count). The average Bonchev–Trinajstić information content (AvgIpc) is 3.61. The van der Waals surface area contributed by atoms with Crippen LogP contribution in [0.3, 0.4) is 0 Å². The quantitative estimate of drug-likeness (QED) is 0.147. The van der Waals surface area contributed by atoms with Crippen LogP contribution in [0.25, 0.3) is 54.6 Å². The Morgan fingerprint density at radius 1 is 0.658 bits per heavy atom. The summed E-state index contributed by atoms with van der Waals surface area (Å²) in [7, 11) is 0. The molecule has 8 aromatic rings. The minimum absolute atomic E-state index is 0. The zero-order valence-electron chi connectivity index (χ0n) is 20.5. The van der Waals surface area contributed by atoms with E-state index in [2.05, 4.69) is 69.6 Å². The Morgan fingerprint density at radius 3 is 1.95 bits per heavy atom. The molecular weight excluding hydrogens is 653 g/mol. The molecule has 3 aromatic carbocycles. The molecule has 0 fully saturated rings. The van der Waals surface area contributed by atoms with Crippen LogP contribution in [0.4, 0.5) is 0 Å². The maximum absolute atomic E-state index is 6.31. The van der Waals surface area contributed by atoms with Crippen LogP contribution in [-0.4, -0.2) is 23.8 Å². The van der Waals surface area contributed by atoms with Crippen molar-refractivity contribution in [2.45, 2.75) is 13.8 Å². The number of hydrogen-bond acceptors (Lipinski definition) is 4. The van der Waals surface area contributed by atoms with Gasteiger partial charge in [0.2, 0.25) is 0 Å². The van der Waals surface area contributed by atoms with Crippen LogP contribution in [0.15, 0.2) is 79.6 Å². The molecule has 0 atom stereocenters. The van der Waals surface area contributed by atoms with E-state index in [0.717, 1.165) is 49.3 Å². The van der Waals surface area contributed by atoms with Crippen molar-refractivity contribution in [2.24, 2.45) is 0 Å². The Labute approximate surface area is 231 Å². The number of imidazole rings is 2. The largest absolute Gasteiger partial charge is 2.00 e. The van der Waals surface area contributed by atoms with E-state index in [1.165, 1.54) is 16.5 Å². The smallest absolute Gasteiger partial charge is 0.497 e. The molecule has 5 aromatic heterocycles. The number of ether oxygens (including phenoxy) is 1. The SMILES string of the molecule is Cc1cc2c3ccc(Oc4[c-]c5c(cc4)c4ccncc4n4ccnc54)[c-]c3c3nccn3c2cc1C.[Pt+2]. The van der Waals surface area contributed by atoms with Crippen LogP contribution >= 0.6 is 0 Å². The second-order valence-electron chi connectivity index (χ2n) is 9.41. The summed E-state index contributed by atoms with van der Waals surface area (Å²) in [5.74, 6) is 1.22. The molecule has 5 heterocycles. The van der Waals surface area contributed by atoms with Gasteiger partial charge in [0.25, 0.3) is 0 Å². The molecule has 0 aliphatic heterocycles. The van der Waals surface area contributed by atoms with Gasteiger partial charge in [-0.3, -0.25) is 15.0 Å². The van der Waals surface area contributed by atoms with Gasteiger partial charge in [-0.25, -0.2) is 0 Å².